The molecule has 1 unspecified atom stereocenters. The van der Waals surface area contributed by atoms with Crippen molar-refractivity contribution in [1.82, 2.24) is 19.7 Å². The number of pyridine rings is 1. The molecule has 0 radical (unpaired) electrons. The van der Waals surface area contributed by atoms with E-state index in [0.29, 0.717) is 0 Å². The fourth-order valence-corrected chi connectivity index (χ4v) is 3.16. The normalized spacial score (nSPS) is 12.5. The molecule has 0 aliphatic heterocycles. The lowest BCUT2D eigenvalue weighted by atomic mass is 10.1. The first-order valence-corrected chi connectivity index (χ1v) is 8.94. The number of hydrogen-bond donors (Lipinski definition) is 1. The third-order valence-electron chi connectivity index (χ3n) is 3.92. The van der Waals surface area contributed by atoms with E-state index in [2.05, 4.69) is 66.7 Å². The smallest absolute Gasteiger partial charge is 0.149 e. The average molecular weight is 327 g/mol. The lowest BCUT2D eigenvalue weighted by Gasteiger charge is -2.16. The van der Waals surface area contributed by atoms with Crippen LogP contribution in [-0.4, -0.2) is 26.0 Å². The molecular weight excluding hydrogens is 306 g/mol. The summed E-state index contributed by atoms with van der Waals surface area (Å²) in [6, 6.07) is 8.55. The van der Waals surface area contributed by atoms with Crippen LogP contribution in [0.15, 0.2) is 35.5 Å². The minimum absolute atomic E-state index is 0.0468. The van der Waals surface area contributed by atoms with Gasteiger partial charge in [-0.05, 0) is 50.8 Å². The maximum atomic E-state index is 4.77. The molecule has 0 aliphatic carbocycles. The van der Waals surface area contributed by atoms with Crippen LogP contribution in [0.2, 0.25) is 0 Å². The van der Waals surface area contributed by atoms with Crippen molar-refractivity contribution in [2.24, 2.45) is 0 Å². The van der Waals surface area contributed by atoms with Crippen LogP contribution >= 0.6 is 11.8 Å². The minimum atomic E-state index is 0.0468. The fourth-order valence-electron chi connectivity index (χ4n) is 2.72. The Balaban J connectivity index is 1.93. The second-order valence-electron chi connectivity index (χ2n) is 5.51. The van der Waals surface area contributed by atoms with Gasteiger partial charge in [-0.2, -0.15) is 5.10 Å². The third-order valence-corrected chi connectivity index (χ3v) is 4.65. The summed E-state index contributed by atoms with van der Waals surface area (Å²) >= 11 is 1.73. The number of aromatic nitrogens is 4. The molecule has 0 saturated heterocycles. The molecule has 120 valence electrons. The molecule has 1 atom stereocenters. The van der Waals surface area contributed by atoms with E-state index < -0.39 is 0 Å². The predicted molar refractivity (Wildman–Crippen MR) is 96.0 cm³/mol. The van der Waals surface area contributed by atoms with Crippen LogP contribution in [0.5, 0.6) is 0 Å². The van der Waals surface area contributed by atoms with Crippen LogP contribution in [0.1, 0.15) is 31.3 Å². The van der Waals surface area contributed by atoms with Crippen molar-refractivity contribution >= 4 is 28.5 Å². The van der Waals surface area contributed by atoms with Crippen molar-refractivity contribution in [3.63, 3.8) is 0 Å². The van der Waals surface area contributed by atoms with E-state index in [1.54, 1.807) is 18.1 Å². The second kappa shape index (κ2) is 6.58. The van der Waals surface area contributed by atoms with Gasteiger partial charge < -0.3 is 5.32 Å². The van der Waals surface area contributed by atoms with Gasteiger partial charge in [-0.15, -0.1) is 11.8 Å². The highest BCUT2D eigenvalue weighted by Gasteiger charge is 2.13. The number of rotatable bonds is 5. The highest BCUT2D eigenvalue weighted by atomic mass is 32.2. The molecule has 3 rings (SSSR count). The van der Waals surface area contributed by atoms with Crippen molar-refractivity contribution in [2.75, 3.05) is 11.6 Å². The van der Waals surface area contributed by atoms with Crippen LogP contribution in [0.3, 0.4) is 0 Å². The highest BCUT2D eigenvalue weighted by molar-refractivity contribution is 7.98. The molecule has 3 aromatic rings. The standard InChI is InChI=1S/C17H21N5S/c1-5-22-17(18-10-19-22)12(3)20-16-8-11(2)14-7-6-13(23-4)9-15(14)21-16/h6-10,12H,5H2,1-4H3,(H,20,21). The zero-order valence-electron chi connectivity index (χ0n) is 13.9. The zero-order chi connectivity index (χ0) is 16.4. The van der Waals surface area contributed by atoms with E-state index >= 15 is 0 Å². The molecule has 0 aliphatic rings. The van der Waals surface area contributed by atoms with Crippen LogP contribution in [-0.2, 0) is 6.54 Å². The van der Waals surface area contributed by atoms with Gasteiger partial charge in [0.25, 0.3) is 0 Å². The Morgan fingerprint density at radius 1 is 1.30 bits per heavy atom. The van der Waals surface area contributed by atoms with Crippen molar-refractivity contribution in [1.29, 1.82) is 0 Å². The molecule has 1 N–H and O–H groups in total. The van der Waals surface area contributed by atoms with E-state index in [9.17, 15) is 0 Å². The van der Waals surface area contributed by atoms with Crippen LogP contribution < -0.4 is 5.32 Å². The maximum Gasteiger partial charge on any atom is 0.149 e. The Hall–Kier alpha value is -2.08. The average Bonchev–Trinajstić information content (AvgIpc) is 3.03. The predicted octanol–water partition coefficient (Wildman–Crippen LogP) is 4.05. The number of hydrogen-bond acceptors (Lipinski definition) is 5. The van der Waals surface area contributed by atoms with Gasteiger partial charge in [-0.3, -0.25) is 0 Å². The Labute approximate surface area is 140 Å². The van der Waals surface area contributed by atoms with E-state index in [4.69, 9.17) is 4.98 Å². The quantitative estimate of drug-likeness (QED) is 0.717. The lowest BCUT2D eigenvalue weighted by molar-refractivity contribution is 0.592. The number of fused-ring (bicyclic) bond motifs is 1. The summed E-state index contributed by atoms with van der Waals surface area (Å²) in [4.78, 5) is 10.3. The molecule has 0 bridgehead atoms. The second-order valence-corrected chi connectivity index (χ2v) is 6.39. The number of thioether (sulfide) groups is 1. The SMILES string of the molecule is CCn1ncnc1C(C)Nc1cc(C)c2ccc(SC)cc2n1. The fraction of sp³-hybridized carbons (Fsp3) is 0.353. The number of anilines is 1. The summed E-state index contributed by atoms with van der Waals surface area (Å²) in [5, 5.41) is 8.87. The first kappa shape index (κ1) is 15.8. The molecule has 6 heteroatoms. The van der Waals surface area contributed by atoms with Gasteiger partial charge in [0.2, 0.25) is 0 Å². The molecule has 23 heavy (non-hydrogen) atoms. The first-order chi connectivity index (χ1) is 11.1. The van der Waals surface area contributed by atoms with Crippen LogP contribution in [0.4, 0.5) is 5.82 Å². The first-order valence-electron chi connectivity index (χ1n) is 7.72. The molecule has 0 amide bonds. The number of nitrogens with zero attached hydrogens (tertiary/aromatic N) is 4. The van der Waals surface area contributed by atoms with Gasteiger partial charge in [0.15, 0.2) is 0 Å². The summed E-state index contributed by atoms with van der Waals surface area (Å²) in [6.45, 7) is 7.07. The van der Waals surface area contributed by atoms with Gasteiger partial charge in [0.1, 0.15) is 18.0 Å². The van der Waals surface area contributed by atoms with E-state index in [1.165, 1.54) is 15.8 Å². The van der Waals surface area contributed by atoms with Crippen LogP contribution in [0.25, 0.3) is 10.9 Å². The molecule has 0 spiro atoms. The molecule has 2 aromatic heterocycles. The lowest BCUT2D eigenvalue weighted by Crippen LogP contribution is -2.15. The maximum absolute atomic E-state index is 4.77. The molecule has 0 fully saturated rings. The topological polar surface area (TPSA) is 55.6 Å². The Morgan fingerprint density at radius 2 is 2.13 bits per heavy atom. The van der Waals surface area contributed by atoms with Crippen LogP contribution in [0, 0.1) is 6.92 Å². The summed E-state index contributed by atoms with van der Waals surface area (Å²) in [5.41, 5.74) is 2.23. The third kappa shape index (κ3) is 3.17. The monoisotopic (exact) mass is 327 g/mol. The van der Waals surface area contributed by atoms with Gasteiger partial charge in [-0.25, -0.2) is 14.6 Å². The Kier molecular flexibility index (Phi) is 4.52. The summed E-state index contributed by atoms with van der Waals surface area (Å²) in [6.07, 6.45) is 3.68. The molecule has 5 nitrogen and oxygen atoms in total. The largest absolute Gasteiger partial charge is 0.360 e. The van der Waals surface area contributed by atoms with Crippen molar-refractivity contribution in [3.05, 3.63) is 42.0 Å². The van der Waals surface area contributed by atoms with E-state index in [0.717, 1.165) is 23.7 Å². The van der Waals surface area contributed by atoms with Gasteiger partial charge in [0, 0.05) is 16.8 Å². The van der Waals surface area contributed by atoms with Gasteiger partial charge >= 0.3 is 0 Å². The molecular formula is C17H21N5S. The number of benzene rings is 1. The van der Waals surface area contributed by atoms with Gasteiger partial charge in [0.05, 0.1) is 11.6 Å². The molecule has 1 aromatic carbocycles. The van der Waals surface area contributed by atoms with Gasteiger partial charge in [-0.1, -0.05) is 6.07 Å². The highest BCUT2D eigenvalue weighted by Crippen LogP contribution is 2.26. The number of aryl methyl sites for hydroxylation is 2. The summed E-state index contributed by atoms with van der Waals surface area (Å²) in [5.74, 6) is 1.79. The van der Waals surface area contributed by atoms with Crippen molar-refractivity contribution in [2.45, 2.75) is 38.3 Å². The van der Waals surface area contributed by atoms with E-state index in [1.807, 2.05) is 4.68 Å². The van der Waals surface area contributed by atoms with Crippen molar-refractivity contribution < 1.29 is 0 Å². The summed E-state index contributed by atoms with van der Waals surface area (Å²) < 4.78 is 1.90. The zero-order valence-corrected chi connectivity index (χ0v) is 14.7. The number of nitrogens with one attached hydrogen (secondary N) is 1. The summed E-state index contributed by atoms with van der Waals surface area (Å²) in [7, 11) is 0. The Bertz CT molecular complexity index is 827. The Morgan fingerprint density at radius 3 is 2.87 bits per heavy atom. The molecule has 2 heterocycles. The minimum Gasteiger partial charge on any atom is -0.360 e. The molecule has 0 saturated carbocycles. The van der Waals surface area contributed by atoms with Crippen molar-refractivity contribution in [3.8, 4) is 0 Å². The van der Waals surface area contributed by atoms with E-state index in [-0.39, 0.29) is 6.04 Å².